The number of hydrogen-bond donors (Lipinski definition) is 1. The van der Waals surface area contributed by atoms with E-state index >= 15 is 0 Å². The van der Waals surface area contributed by atoms with Gasteiger partial charge in [-0.15, -0.1) is 0 Å². The summed E-state index contributed by atoms with van der Waals surface area (Å²) in [6.07, 6.45) is 3.30. The number of rotatable bonds is 9. The Bertz CT molecular complexity index is 1190. The molecule has 2 fully saturated rings. The molecule has 0 saturated heterocycles. The Morgan fingerprint density at radius 1 is 1.25 bits per heavy atom. The van der Waals surface area contributed by atoms with Gasteiger partial charge >= 0.3 is 6.18 Å². The molecule has 4 rings (SSSR count). The van der Waals surface area contributed by atoms with E-state index in [-0.39, 0.29) is 31.1 Å². The van der Waals surface area contributed by atoms with Crippen molar-refractivity contribution in [3.05, 3.63) is 83.3 Å². The topological polar surface area (TPSA) is 51.6 Å². The highest BCUT2D eigenvalue weighted by atomic mass is 19.4. The van der Waals surface area contributed by atoms with Gasteiger partial charge in [0.05, 0.1) is 17.8 Å². The van der Waals surface area contributed by atoms with Crippen molar-refractivity contribution >= 4 is 0 Å². The van der Waals surface area contributed by atoms with E-state index in [1.54, 1.807) is 38.1 Å². The highest BCUT2D eigenvalue weighted by Gasteiger charge is 2.46. The van der Waals surface area contributed by atoms with Gasteiger partial charge < -0.3 is 14.6 Å². The van der Waals surface area contributed by atoms with Gasteiger partial charge in [-0.05, 0) is 79.9 Å². The number of aromatic nitrogens is 1. The minimum absolute atomic E-state index is 0.0389. The van der Waals surface area contributed by atoms with Crippen molar-refractivity contribution in [1.82, 2.24) is 4.98 Å². The number of hydrogen-bond acceptors (Lipinski definition) is 4. The number of aliphatic hydroxyl groups is 1. The molecule has 2 saturated carbocycles. The van der Waals surface area contributed by atoms with Crippen LogP contribution in [0, 0.1) is 11.8 Å². The molecular weight excluding hydrogens is 467 g/mol. The zero-order valence-electron chi connectivity index (χ0n) is 20.9. The van der Waals surface area contributed by atoms with Gasteiger partial charge in [0.15, 0.2) is 0 Å². The molecule has 2 aromatic rings. The maximum atomic E-state index is 13.9. The Kier molecular flexibility index (Phi) is 7.32. The maximum absolute atomic E-state index is 13.9. The van der Waals surface area contributed by atoms with Crippen molar-refractivity contribution in [3.8, 4) is 17.0 Å². The van der Waals surface area contributed by atoms with Gasteiger partial charge in [0.1, 0.15) is 12.4 Å². The predicted molar refractivity (Wildman–Crippen MR) is 133 cm³/mol. The minimum Gasteiger partial charge on any atom is -0.490 e. The third-order valence-corrected chi connectivity index (χ3v) is 6.63. The molecule has 1 aromatic carbocycles. The first kappa shape index (κ1) is 26.0. The second-order valence-electron chi connectivity index (χ2n) is 10.2. The van der Waals surface area contributed by atoms with Gasteiger partial charge in [-0.3, -0.25) is 0 Å². The van der Waals surface area contributed by atoms with E-state index in [1.807, 2.05) is 6.08 Å². The SMILES string of the molecule is C=C(/C=C1/CC2CC2/C1=C/C)OCc1cccc(-c2cnc(OCCC(C)(C)O)cc2C(F)(F)F)c1. The van der Waals surface area contributed by atoms with Gasteiger partial charge in [-0.25, -0.2) is 4.98 Å². The van der Waals surface area contributed by atoms with Crippen molar-refractivity contribution < 1.29 is 27.8 Å². The van der Waals surface area contributed by atoms with Crippen LogP contribution in [0.1, 0.15) is 51.2 Å². The summed E-state index contributed by atoms with van der Waals surface area (Å²) in [5, 5.41) is 9.78. The smallest absolute Gasteiger partial charge is 0.417 e. The summed E-state index contributed by atoms with van der Waals surface area (Å²) in [5.41, 5.74) is 1.91. The van der Waals surface area contributed by atoms with E-state index in [0.717, 1.165) is 24.0 Å². The number of nitrogens with zero attached hydrogens (tertiary/aromatic N) is 1. The van der Waals surface area contributed by atoms with E-state index in [0.29, 0.717) is 17.2 Å². The van der Waals surface area contributed by atoms with Gasteiger partial charge in [0.25, 0.3) is 0 Å². The summed E-state index contributed by atoms with van der Waals surface area (Å²) < 4.78 is 52.9. The second-order valence-corrected chi connectivity index (χ2v) is 10.2. The highest BCUT2D eigenvalue weighted by molar-refractivity contribution is 5.68. The van der Waals surface area contributed by atoms with E-state index in [1.165, 1.54) is 23.8 Å². The van der Waals surface area contributed by atoms with Crippen molar-refractivity contribution in [2.45, 2.75) is 58.4 Å². The van der Waals surface area contributed by atoms with Gasteiger partial charge in [0.2, 0.25) is 5.88 Å². The molecule has 0 radical (unpaired) electrons. The van der Waals surface area contributed by atoms with Crippen LogP contribution in [-0.2, 0) is 17.5 Å². The number of alkyl halides is 3. The molecule has 1 aromatic heterocycles. The molecule has 0 aliphatic heterocycles. The molecule has 0 bridgehead atoms. The second kappa shape index (κ2) is 10.1. The van der Waals surface area contributed by atoms with Gasteiger partial charge in [-0.1, -0.05) is 30.9 Å². The molecule has 1 N–H and O–H groups in total. The lowest BCUT2D eigenvalue weighted by atomic mass is 10.00. The van der Waals surface area contributed by atoms with Crippen LogP contribution in [0.4, 0.5) is 13.2 Å². The number of ether oxygens (including phenoxy) is 2. The van der Waals surface area contributed by atoms with E-state index in [2.05, 4.69) is 24.6 Å². The zero-order chi connectivity index (χ0) is 26.1. The van der Waals surface area contributed by atoms with Gasteiger partial charge in [-0.2, -0.15) is 13.2 Å². The summed E-state index contributed by atoms with van der Waals surface area (Å²) in [6, 6.07) is 7.70. The molecule has 2 unspecified atom stereocenters. The Morgan fingerprint density at radius 2 is 2.03 bits per heavy atom. The van der Waals surface area contributed by atoms with Crippen LogP contribution in [0.2, 0.25) is 0 Å². The van der Waals surface area contributed by atoms with Crippen molar-refractivity contribution in [3.63, 3.8) is 0 Å². The first-order valence-electron chi connectivity index (χ1n) is 12.1. The number of allylic oxidation sites excluding steroid dienone is 4. The predicted octanol–water partition coefficient (Wildman–Crippen LogP) is 7.25. The molecule has 1 heterocycles. The lowest BCUT2D eigenvalue weighted by Gasteiger charge is -2.18. The molecule has 2 aliphatic rings. The summed E-state index contributed by atoms with van der Waals surface area (Å²) >= 11 is 0. The summed E-state index contributed by atoms with van der Waals surface area (Å²) in [7, 11) is 0. The fraction of sp³-hybridized carbons (Fsp3) is 0.414. The fourth-order valence-corrected chi connectivity index (χ4v) is 4.66. The van der Waals surface area contributed by atoms with E-state index < -0.39 is 17.3 Å². The Hall–Kier alpha value is -3.06. The monoisotopic (exact) mass is 499 g/mol. The quantitative estimate of drug-likeness (QED) is 0.369. The molecule has 4 nitrogen and oxygen atoms in total. The average molecular weight is 500 g/mol. The molecule has 2 aliphatic carbocycles. The van der Waals surface area contributed by atoms with Crippen LogP contribution in [0.5, 0.6) is 5.88 Å². The van der Waals surface area contributed by atoms with Crippen molar-refractivity contribution in [2.75, 3.05) is 6.61 Å². The van der Waals surface area contributed by atoms with Crippen LogP contribution >= 0.6 is 0 Å². The summed E-state index contributed by atoms with van der Waals surface area (Å²) in [4.78, 5) is 4.07. The maximum Gasteiger partial charge on any atom is 0.417 e. The number of benzene rings is 1. The lowest BCUT2D eigenvalue weighted by molar-refractivity contribution is -0.137. The summed E-state index contributed by atoms with van der Waals surface area (Å²) in [5.74, 6) is 1.84. The number of halogens is 3. The largest absolute Gasteiger partial charge is 0.490 e. The van der Waals surface area contributed by atoms with Crippen molar-refractivity contribution in [2.24, 2.45) is 11.8 Å². The van der Waals surface area contributed by atoms with Crippen molar-refractivity contribution in [1.29, 1.82) is 0 Å². The molecule has 7 heteroatoms. The zero-order valence-corrected chi connectivity index (χ0v) is 20.9. The van der Waals surface area contributed by atoms with Crippen LogP contribution < -0.4 is 4.74 Å². The number of pyridine rings is 1. The summed E-state index contributed by atoms with van der Waals surface area (Å²) in [6.45, 7) is 9.51. The third kappa shape index (κ3) is 6.38. The standard InChI is InChI=1S/C29H32F3NO3/c1-5-23-21(13-22-14-24(22)23)11-18(2)36-17-19-7-6-8-20(12-19)25-16-33-27(15-26(25)29(30,31)32)35-10-9-28(3,4)34/h5-8,11-12,15-16,22,24,34H,2,9-10,13-14,17H2,1,3-4H3/b21-11-,23-5+. The molecule has 2 atom stereocenters. The first-order valence-corrected chi connectivity index (χ1v) is 12.1. The molecule has 0 spiro atoms. The van der Waals surface area contributed by atoms with Crippen LogP contribution in [-0.4, -0.2) is 22.3 Å². The molecule has 36 heavy (non-hydrogen) atoms. The average Bonchev–Trinajstić information content (AvgIpc) is 3.47. The lowest BCUT2D eigenvalue weighted by Crippen LogP contribution is -2.22. The Morgan fingerprint density at radius 3 is 2.72 bits per heavy atom. The first-order chi connectivity index (χ1) is 16.9. The van der Waals surface area contributed by atoms with Crippen LogP contribution in [0.25, 0.3) is 11.1 Å². The van der Waals surface area contributed by atoms with Gasteiger partial charge in [0, 0.05) is 24.2 Å². The molecular formula is C29H32F3NO3. The third-order valence-electron chi connectivity index (χ3n) is 6.63. The normalized spacial score (nSPS) is 21.5. The molecule has 0 amide bonds. The van der Waals surface area contributed by atoms with E-state index in [9.17, 15) is 18.3 Å². The highest BCUT2D eigenvalue weighted by Crippen LogP contribution is 2.57. The molecule has 192 valence electrons. The van der Waals surface area contributed by atoms with Crippen LogP contribution in [0.3, 0.4) is 0 Å². The van der Waals surface area contributed by atoms with E-state index in [4.69, 9.17) is 9.47 Å². The minimum atomic E-state index is -4.59. The number of fused-ring (bicyclic) bond motifs is 1. The fourth-order valence-electron chi connectivity index (χ4n) is 4.66. The Labute approximate surface area is 210 Å². The van der Waals surface area contributed by atoms with Crippen LogP contribution in [0.15, 0.2) is 72.2 Å². The Balaban J connectivity index is 1.47.